The van der Waals surface area contributed by atoms with Gasteiger partial charge in [0.25, 0.3) is 0 Å². The van der Waals surface area contributed by atoms with Gasteiger partial charge in [-0.2, -0.15) is 0 Å². The van der Waals surface area contributed by atoms with Crippen LogP contribution in [0.3, 0.4) is 0 Å². The van der Waals surface area contributed by atoms with Crippen LogP contribution in [-0.2, 0) is 11.2 Å². The summed E-state index contributed by atoms with van der Waals surface area (Å²) in [7, 11) is 0. The molecule has 0 saturated carbocycles. The molecule has 0 radical (unpaired) electrons. The number of thiazole rings is 1. The summed E-state index contributed by atoms with van der Waals surface area (Å²) < 4.78 is 1.91. The van der Waals surface area contributed by atoms with Gasteiger partial charge in [-0.3, -0.25) is 9.78 Å². The Balaban J connectivity index is 1.50. The smallest absolute Gasteiger partial charge is 0.230 e. The molecule has 1 N–H and O–H groups in total. The molecule has 0 bridgehead atoms. The Labute approximate surface area is 165 Å². The lowest BCUT2D eigenvalue weighted by Crippen LogP contribution is -2.16. The van der Waals surface area contributed by atoms with Gasteiger partial charge in [-0.25, -0.2) is 4.98 Å². The third-order valence-electron chi connectivity index (χ3n) is 3.89. The van der Waals surface area contributed by atoms with E-state index in [2.05, 4.69) is 15.3 Å². The fraction of sp³-hybridized carbons (Fsp3) is 0.0500. The number of anilines is 1. The van der Waals surface area contributed by atoms with Crippen LogP contribution in [0, 0.1) is 0 Å². The summed E-state index contributed by atoms with van der Waals surface area (Å²) in [6, 6.07) is 14.9. The van der Waals surface area contributed by atoms with E-state index in [9.17, 15) is 4.79 Å². The Kier molecular flexibility index (Phi) is 5.00. The first-order chi connectivity index (χ1) is 13.2. The number of hydrogen-bond acceptors (Lipinski definition) is 4. The topological polar surface area (TPSA) is 59.8 Å². The second-order valence-corrected chi connectivity index (χ2v) is 7.13. The predicted octanol–water partition coefficient (Wildman–Crippen LogP) is 4.83. The molecule has 0 atom stereocenters. The molecule has 27 heavy (non-hydrogen) atoms. The Bertz CT molecular complexity index is 1060. The van der Waals surface area contributed by atoms with E-state index >= 15 is 0 Å². The van der Waals surface area contributed by atoms with E-state index < -0.39 is 0 Å². The van der Waals surface area contributed by atoms with Crippen LogP contribution >= 0.6 is 22.9 Å². The summed E-state index contributed by atoms with van der Waals surface area (Å²) in [5, 5.41) is 6.25. The van der Waals surface area contributed by atoms with Crippen LogP contribution in [-0.4, -0.2) is 20.4 Å². The van der Waals surface area contributed by atoms with Gasteiger partial charge >= 0.3 is 0 Å². The monoisotopic (exact) mass is 394 g/mol. The fourth-order valence-electron chi connectivity index (χ4n) is 2.67. The molecule has 5 nitrogen and oxygen atoms in total. The molecular formula is C20H15ClN4OS. The fourth-order valence-corrected chi connectivity index (χ4v) is 3.63. The number of aromatic nitrogens is 3. The minimum atomic E-state index is -0.136. The average Bonchev–Trinajstić information content (AvgIpc) is 3.36. The Morgan fingerprint density at radius 1 is 1.15 bits per heavy atom. The van der Waals surface area contributed by atoms with E-state index in [1.54, 1.807) is 18.3 Å². The molecule has 0 aliphatic heterocycles. The van der Waals surface area contributed by atoms with E-state index in [1.807, 2.05) is 58.7 Å². The van der Waals surface area contributed by atoms with Crippen LogP contribution in [0.25, 0.3) is 16.4 Å². The number of nitrogens with zero attached hydrogens (tertiary/aromatic N) is 3. The minimum Gasteiger partial charge on any atom is -0.324 e. The van der Waals surface area contributed by atoms with Gasteiger partial charge in [-0.15, -0.1) is 11.3 Å². The number of pyridine rings is 1. The van der Waals surface area contributed by atoms with Gasteiger partial charge in [0.2, 0.25) is 5.91 Å². The van der Waals surface area contributed by atoms with E-state index in [0.29, 0.717) is 10.7 Å². The zero-order valence-corrected chi connectivity index (χ0v) is 15.7. The van der Waals surface area contributed by atoms with Crippen molar-refractivity contribution < 1.29 is 4.79 Å². The highest BCUT2D eigenvalue weighted by Gasteiger charge is 2.12. The van der Waals surface area contributed by atoms with Crippen molar-refractivity contribution in [3.05, 3.63) is 83.2 Å². The Morgan fingerprint density at radius 3 is 2.78 bits per heavy atom. The van der Waals surface area contributed by atoms with Gasteiger partial charge in [0, 0.05) is 29.0 Å². The average molecular weight is 395 g/mol. The largest absolute Gasteiger partial charge is 0.324 e. The second kappa shape index (κ2) is 7.73. The van der Waals surface area contributed by atoms with E-state index in [0.717, 1.165) is 22.1 Å². The van der Waals surface area contributed by atoms with Crippen molar-refractivity contribution in [2.45, 2.75) is 6.42 Å². The van der Waals surface area contributed by atoms with Crippen LogP contribution < -0.4 is 5.32 Å². The SMILES string of the molecule is O=C(Cc1csc(-c2ccccn2)n1)Nc1ccc(Cl)cc1-n1cccc1. The lowest BCUT2D eigenvalue weighted by atomic mass is 10.2. The van der Waals surface area contributed by atoms with Crippen molar-refractivity contribution in [2.24, 2.45) is 0 Å². The zero-order valence-electron chi connectivity index (χ0n) is 14.2. The molecule has 0 saturated heterocycles. The number of rotatable bonds is 5. The van der Waals surface area contributed by atoms with Crippen LogP contribution in [0.2, 0.25) is 5.02 Å². The first-order valence-corrected chi connectivity index (χ1v) is 9.53. The van der Waals surface area contributed by atoms with Gasteiger partial charge in [0.15, 0.2) is 0 Å². The first-order valence-electron chi connectivity index (χ1n) is 8.27. The van der Waals surface area contributed by atoms with Crippen molar-refractivity contribution in [1.29, 1.82) is 0 Å². The summed E-state index contributed by atoms with van der Waals surface area (Å²) in [4.78, 5) is 21.3. The number of benzene rings is 1. The summed E-state index contributed by atoms with van der Waals surface area (Å²) in [6.45, 7) is 0. The highest BCUT2D eigenvalue weighted by molar-refractivity contribution is 7.13. The number of carbonyl (C=O) groups is 1. The van der Waals surface area contributed by atoms with Crippen LogP contribution in [0.1, 0.15) is 5.69 Å². The van der Waals surface area contributed by atoms with Gasteiger partial charge in [-0.1, -0.05) is 17.7 Å². The Hall–Kier alpha value is -2.96. The molecule has 7 heteroatoms. The molecule has 0 fully saturated rings. The highest BCUT2D eigenvalue weighted by atomic mass is 35.5. The zero-order chi connectivity index (χ0) is 18.6. The van der Waals surface area contributed by atoms with Gasteiger partial charge in [0.05, 0.1) is 29.2 Å². The van der Waals surface area contributed by atoms with Gasteiger partial charge in [0.1, 0.15) is 5.01 Å². The maximum absolute atomic E-state index is 12.5. The molecule has 134 valence electrons. The molecule has 3 aromatic heterocycles. The lowest BCUT2D eigenvalue weighted by Gasteiger charge is -2.12. The molecule has 0 aliphatic carbocycles. The first kappa shape index (κ1) is 17.5. The summed E-state index contributed by atoms with van der Waals surface area (Å²) in [5.74, 6) is -0.136. The van der Waals surface area contributed by atoms with Crippen molar-refractivity contribution in [1.82, 2.24) is 14.5 Å². The standard InChI is InChI=1S/C20H15ClN4OS/c21-14-6-7-16(18(11-14)25-9-3-4-10-25)24-19(26)12-15-13-27-20(23-15)17-5-1-2-8-22-17/h1-11,13H,12H2,(H,24,26). The van der Waals surface area contributed by atoms with Gasteiger partial charge < -0.3 is 9.88 Å². The van der Waals surface area contributed by atoms with E-state index in [1.165, 1.54) is 11.3 Å². The molecule has 4 aromatic rings. The summed E-state index contributed by atoms with van der Waals surface area (Å²) >= 11 is 7.60. The number of nitrogens with one attached hydrogen (secondary N) is 1. The quantitative estimate of drug-likeness (QED) is 0.527. The van der Waals surface area contributed by atoms with E-state index in [-0.39, 0.29) is 12.3 Å². The third kappa shape index (κ3) is 4.07. The number of carbonyl (C=O) groups excluding carboxylic acids is 1. The molecule has 0 spiro atoms. The minimum absolute atomic E-state index is 0.136. The van der Waals surface area contributed by atoms with Crippen LogP contribution in [0.15, 0.2) is 72.5 Å². The van der Waals surface area contributed by atoms with Crippen LogP contribution in [0.4, 0.5) is 5.69 Å². The van der Waals surface area contributed by atoms with E-state index in [4.69, 9.17) is 11.6 Å². The molecule has 0 unspecified atom stereocenters. The summed E-state index contributed by atoms with van der Waals surface area (Å²) in [5.41, 5.74) is 3.03. The third-order valence-corrected chi connectivity index (χ3v) is 5.04. The lowest BCUT2D eigenvalue weighted by molar-refractivity contribution is -0.115. The number of hydrogen-bond donors (Lipinski definition) is 1. The Morgan fingerprint density at radius 2 is 2.00 bits per heavy atom. The second-order valence-electron chi connectivity index (χ2n) is 5.84. The van der Waals surface area contributed by atoms with Crippen molar-refractivity contribution in [3.8, 4) is 16.4 Å². The van der Waals surface area contributed by atoms with Crippen molar-refractivity contribution in [3.63, 3.8) is 0 Å². The normalized spacial score (nSPS) is 10.7. The summed E-state index contributed by atoms with van der Waals surface area (Å²) in [6.07, 6.45) is 5.73. The van der Waals surface area contributed by atoms with Gasteiger partial charge in [-0.05, 0) is 42.5 Å². The highest BCUT2D eigenvalue weighted by Crippen LogP contribution is 2.25. The molecule has 4 rings (SSSR count). The van der Waals surface area contributed by atoms with Crippen molar-refractivity contribution in [2.75, 3.05) is 5.32 Å². The number of halogens is 1. The predicted molar refractivity (Wildman–Crippen MR) is 108 cm³/mol. The maximum Gasteiger partial charge on any atom is 0.230 e. The van der Waals surface area contributed by atoms with Crippen molar-refractivity contribution >= 4 is 34.5 Å². The number of amides is 1. The maximum atomic E-state index is 12.5. The molecule has 3 heterocycles. The molecule has 1 aromatic carbocycles. The van der Waals surface area contributed by atoms with Crippen LogP contribution in [0.5, 0.6) is 0 Å². The molecular weight excluding hydrogens is 380 g/mol. The molecule has 0 aliphatic rings. The molecule has 1 amide bonds.